The SMILES string of the molecule is C=CCn1c(COc2ccccc2F)nnc1S[C@H](C)C(=O)Nc1c(C)cc(C)cc1C. The number of hydrogen-bond donors (Lipinski definition) is 1. The number of ether oxygens (including phenoxy) is 1. The van der Waals surface area contributed by atoms with Gasteiger partial charge in [-0.25, -0.2) is 4.39 Å². The summed E-state index contributed by atoms with van der Waals surface area (Å²) in [5.74, 6) is 0.103. The average molecular weight is 455 g/mol. The van der Waals surface area contributed by atoms with Gasteiger partial charge in [-0.3, -0.25) is 9.36 Å². The first kappa shape index (κ1) is 23.5. The smallest absolute Gasteiger partial charge is 0.237 e. The Balaban J connectivity index is 1.71. The Morgan fingerprint density at radius 2 is 1.94 bits per heavy atom. The maximum Gasteiger partial charge on any atom is 0.237 e. The van der Waals surface area contributed by atoms with Crippen LogP contribution in [0.1, 0.15) is 29.4 Å². The summed E-state index contributed by atoms with van der Waals surface area (Å²) in [5.41, 5.74) is 4.04. The topological polar surface area (TPSA) is 69.0 Å². The van der Waals surface area contributed by atoms with Crippen LogP contribution in [0.4, 0.5) is 10.1 Å². The molecule has 0 bridgehead atoms. The number of aryl methyl sites for hydroxylation is 3. The number of para-hydroxylation sites is 1. The fourth-order valence-corrected chi connectivity index (χ4v) is 4.22. The molecule has 0 saturated carbocycles. The summed E-state index contributed by atoms with van der Waals surface area (Å²) in [5, 5.41) is 11.6. The zero-order chi connectivity index (χ0) is 23.3. The number of thioether (sulfide) groups is 1. The lowest BCUT2D eigenvalue weighted by Crippen LogP contribution is -2.24. The highest BCUT2D eigenvalue weighted by Crippen LogP contribution is 2.27. The van der Waals surface area contributed by atoms with Crippen LogP contribution >= 0.6 is 11.8 Å². The third-order valence-electron chi connectivity index (χ3n) is 4.88. The van der Waals surface area contributed by atoms with E-state index in [-0.39, 0.29) is 18.3 Å². The second kappa shape index (κ2) is 10.5. The molecule has 2 aromatic carbocycles. The van der Waals surface area contributed by atoms with Crippen LogP contribution in [0.2, 0.25) is 0 Å². The summed E-state index contributed by atoms with van der Waals surface area (Å²) in [6.07, 6.45) is 1.71. The van der Waals surface area contributed by atoms with E-state index in [2.05, 4.69) is 22.1 Å². The summed E-state index contributed by atoms with van der Waals surface area (Å²) >= 11 is 1.30. The fourth-order valence-electron chi connectivity index (χ4n) is 3.34. The van der Waals surface area contributed by atoms with Crippen molar-refractivity contribution in [1.82, 2.24) is 14.8 Å². The largest absolute Gasteiger partial charge is 0.483 e. The van der Waals surface area contributed by atoms with Gasteiger partial charge in [0.05, 0.1) is 5.25 Å². The van der Waals surface area contributed by atoms with Gasteiger partial charge in [0.2, 0.25) is 5.91 Å². The van der Waals surface area contributed by atoms with E-state index in [0.29, 0.717) is 17.5 Å². The Morgan fingerprint density at radius 3 is 2.59 bits per heavy atom. The van der Waals surface area contributed by atoms with Crippen molar-refractivity contribution >= 4 is 23.4 Å². The number of anilines is 1. The van der Waals surface area contributed by atoms with Crippen molar-refractivity contribution in [1.29, 1.82) is 0 Å². The summed E-state index contributed by atoms with van der Waals surface area (Å²) in [6.45, 7) is 12.1. The number of nitrogens with one attached hydrogen (secondary N) is 1. The number of benzene rings is 2. The number of hydrogen-bond acceptors (Lipinski definition) is 5. The second-order valence-corrected chi connectivity index (χ2v) is 8.85. The number of carbonyl (C=O) groups is 1. The molecule has 0 aliphatic rings. The van der Waals surface area contributed by atoms with Crippen LogP contribution < -0.4 is 10.1 Å². The van der Waals surface area contributed by atoms with Gasteiger partial charge in [0.1, 0.15) is 6.61 Å². The van der Waals surface area contributed by atoms with E-state index in [9.17, 15) is 9.18 Å². The summed E-state index contributed by atoms with van der Waals surface area (Å²) in [6, 6.07) is 10.3. The highest BCUT2D eigenvalue weighted by Gasteiger charge is 2.21. The van der Waals surface area contributed by atoms with Crippen molar-refractivity contribution in [2.45, 2.75) is 51.3 Å². The molecule has 1 atom stereocenters. The lowest BCUT2D eigenvalue weighted by Gasteiger charge is -2.16. The molecule has 0 saturated heterocycles. The molecule has 3 aromatic rings. The maximum absolute atomic E-state index is 13.8. The first-order valence-corrected chi connectivity index (χ1v) is 11.1. The molecule has 0 unspecified atom stereocenters. The van der Waals surface area contributed by atoms with E-state index >= 15 is 0 Å². The highest BCUT2D eigenvalue weighted by atomic mass is 32.2. The van der Waals surface area contributed by atoms with E-state index in [4.69, 9.17) is 4.74 Å². The third-order valence-corrected chi connectivity index (χ3v) is 5.96. The standard InChI is InChI=1S/C24H27FN4O2S/c1-6-11-29-21(14-31-20-10-8-7-9-19(20)25)27-28-24(29)32-18(5)23(30)26-22-16(3)12-15(2)13-17(22)4/h6-10,12-13,18H,1,11,14H2,2-5H3,(H,26,30)/t18-/m1/s1. The number of amides is 1. The van der Waals surface area contributed by atoms with Crippen LogP contribution in [0.15, 0.2) is 54.2 Å². The van der Waals surface area contributed by atoms with Gasteiger partial charge in [-0.1, -0.05) is 47.7 Å². The van der Waals surface area contributed by atoms with Crippen molar-refractivity contribution in [2.24, 2.45) is 0 Å². The van der Waals surface area contributed by atoms with Gasteiger partial charge in [0.15, 0.2) is 22.5 Å². The molecule has 0 spiro atoms. The minimum Gasteiger partial charge on any atom is -0.483 e. The normalized spacial score (nSPS) is 11.8. The highest BCUT2D eigenvalue weighted by molar-refractivity contribution is 8.00. The lowest BCUT2D eigenvalue weighted by atomic mass is 10.1. The van der Waals surface area contributed by atoms with Crippen molar-refractivity contribution < 1.29 is 13.9 Å². The van der Waals surface area contributed by atoms with E-state index in [1.165, 1.54) is 17.8 Å². The monoisotopic (exact) mass is 454 g/mol. The first-order chi connectivity index (χ1) is 15.3. The molecule has 8 heteroatoms. The summed E-state index contributed by atoms with van der Waals surface area (Å²) in [4.78, 5) is 12.9. The molecule has 1 aromatic heterocycles. The Bertz CT molecular complexity index is 1110. The summed E-state index contributed by atoms with van der Waals surface area (Å²) in [7, 11) is 0. The molecule has 0 aliphatic carbocycles. The van der Waals surface area contributed by atoms with Crippen LogP contribution in [-0.4, -0.2) is 25.9 Å². The number of carbonyl (C=O) groups excluding carboxylic acids is 1. The summed E-state index contributed by atoms with van der Waals surface area (Å²) < 4.78 is 21.2. The molecule has 1 N–H and O–H groups in total. The zero-order valence-electron chi connectivity index (χ0n) is 18.7. The van der Waals surface area contributed by atoms with E-state index in [1.807, 2.05) is 44.4 Å². The lowest BCUT2D eigenvalue weighted by molar-refractivity contribution is -0.115. The zero-order valence-corrected chi connectivity index (χ0v) is 19.5. The van der Waals surface area contributed by atoms with Crippen molar-refractivity contribution in [3.63, 3.8) is 0 Å². The van der Waals surface area contributed by atoms with E-state index < -0.39 is 11.1 Å². The number of halogens is 1. The van der Waals surface area contributed by atoms with Gasteiger partial charge in [-0.05, 0) is 51.0 Å². The van der Waals surface area contributed by atoms with Gasteiger partial charge in [0, 0.05) is 12.2 Å². The number of allylic oxidation sites excluding steroid dienone is 1. The van der Waals surface area contributed by atoms with Crippen molar-refractivity contribution in [3.05, 3.63) is 77.4 Å². The molecular weight excluding hydrogens is 427 g/mol. The minimum absolute atomic E-state index is 0.0463. The van der Waals surface area contributed by atoms with Crippen LogP contribution in [0, 0.1) is 26.6 Å². The van der Waals surface area contributed by atoms with Crippen molar-refractivity contribution in [2.75, 3.05) is 5.32 Å². The molecule has 168 valence electrons. The molecule has 6 nitrogen and oxygen atoms in total. The first-order valence-electron chi connectivity index (χ1n) is 10.3. The Labute approximate surface area is 191 Å². The molecule has 1 heterocycles. The van der Waals surface area contributed by atoms with Crippen LogP contribution in [0.5, 0.6) is 5.75 Å². The van der Waals surface area contributed by atoms with E-state index in [0.717, 1.165) is 22.4 Å². The Morgan fingerprint density at radius 1 is 1.25 bits per heavy atom. The quantitative estimate of drug-likeness (QED) is 0.354. The number of aromatic nitrogens is 3. The van der Waals surface area contributed by atoms with Crippen LogP contribution in [0.25, 0.3) is 0 Å². The molecule has 1 amide bonds. The van der Waals surface area contributed by atoms with Crippen LogP contribution in [-0.2, 0) is 17.9 Å². The van der Waals surface area contributed by atoms with Crippen molar-refractivity contribution in [3.8, 4) is 5.75 Å². The number of rotatable bonds is 9. The molecule has 3 rings (SSSR count). The molecular formula is C24H27FN4O2S. The van der Waals surface area contributed by atoms with Gasteiger partial charge >= 0.3 is 0 Å². The van der Waals surface area contributed by atoms with Gasteiger partial charge in [0.25, 0.3) is 0 Å². The Kier molecular flexibility index (Phi) is 7.69. The maximum atomic E-state index is 13.8. The predicted octanol–water partition coefficient (Wildman–Crippen LogP) is 5.23. The predicted molar refractivity (Wildman–Crippen MR) is 126 cm³/mol. The minimum atomic E-state index is -0.441. The molecule has 0 aliphatic heterocycles. The van der Waals surface area contributed by atoms with Crippen LogP contribution in [0.3, 0.4) is 0 Å². The third kappa shape index (κ3) is 5.56. The molecule has 32 heavy (non-hydrogen) atoms. The second-order valence-electron chi connectivity index (χ2n) is 7.54. The van der Waals surface area contributed by atoms with Gasteiger partial charge in [-0.15, -0.1) is 16.8 Å². The fraction of sp³-hybridized carbons (Fsp3) is 0.292. The Hall–Kier alpha value is -3.13. The van der Waals surface area contributed by atoms with E-state index in [1.54, 1.807) is 24.3 Å². The molecule has 0 radical (unpaired) electrons. The van der Waals surface area contributed by atoms with Gasteiger partial charge < -0.3 is 10.1 Å². The van der Waals surface area contributed by atoms with Gasteiger partial charge in [-0.2, -0.15) is 0 Å². The number of nitrogens with zero attached hydrogens (tertiary/aromatic N) is 3. The average Bonchev–Trinajstić information content (AvgIpc) is 3.11. The molecule has 0 fully saturated rings.